The van der Waals surface area contributed by atoms with Gasteiger partial charge in [0.25, 0.3) is 5.56 Å². The van der Waals surface area contributed by atoms with Gasteiger partial charge >= 0.3 is 5.97 Å². The molecule has 3 heterocycles. The first-order valence-electron chi connectivity index (χ1n) is 11.9. The van der Waals surface area contributed by atoms with Gasteiger partial charge < -0.3 is 28.9 Å². The number of esters is 1. The highest BCUT2D eigenvalue weighted by Gasteiger charge is 2.28. The Balaban J connectivity index is 1.54. The second kappa shape index (κ2) is 9.81. The number of pyridine rings is 1. The largest absolute Gasteiger partial charge is 0.507 e. The number of nitrogens with zero attached hydrogens (tertiary/aromatic N) is 1. The minimum absolute atomic E-state index is 0.107. The van der Waals surface area contributed by atoms with Crippen LogP contribution in [0.1, 0.15) is 34.7 Å². The van der Waals surface area contributed by atoms with E-state index in [-0.39, 0.29) is 23.3 Å². The monoisotopic (exact) mass is 488 g/mol. The number of H-pyrrole nitrogens is 1. The van der Waals surface area contributed by atoms with Crippen molar-refractivity contribution in [1.82, 2.24) is 9.55 Å². The second-order valence-electron chi connectivity index (χ2n) is 8.89. The van der Waals surface area contributed by atoms with Crippen LogP contribution >= 0.6 is 0 Å². The van der Waals surface area contributed by atoms with Crippen LogP contribution in [0.15, 0.2) is 59.5 Å². The third-order valence-corrected chi connectivity index (χ3v) is 6.72. The van der Waals surface area contributed by atoms with Crippen LogP contribution in [0.4, 0.5) is 0 Å². The van der Waals surface area contributed by atoms with E-state index in [4.69, 9.17) is 14.2 Å². The molecule has 0 amide bonds. The molecule has 1 atom stereocenters. The van der Waals surface area contributed by atoms with Crippen molar-refractivity contribution in [2.75, 3.05) is 20.3 Å². The van der Waals surface area contributed by atoms with Gasteiger partial charge in [-0.1, -0.05) is 24.3 Å². The number of ether oxygens (including phenoxy) is 3. The highest BCUT2D eigenvalue weighted by atomic mass is 16.6. The van der Waals surface area contributed by atoms with Crippen molar-refractivity contribution >= 4 is 16.9 Å². The number of para-hydroxylation sites is 1. The molecule has 8 heteroatoms. The lowest BCUT2D eigenvalue weighted by molar-refractivity contribution is -0.140. The number of nitrogens with one attached hydrogen (secondary N) is 1. The first-order chi connectivity index (χ1) is 17.5. The zero-order chi connectivity index (χ0) is 25.2. The van der Waals surface area contributed by atoms with Crippen molar-refractivity contribution in [2.45, 2.75) is 32.2 Å². The van der Waals surface area contributed by atoms with Crippen molar-refractivity contribution in [3.05, 3.63) is 87.5 Å². The number of aromatic nitrogens is 2. The third kappa shape index (κ3) is 4.42. The van der Waals surface area contributed by atoms with Crippen molar-refractivity contribution in [3.63, 3.8) is 0 Å². The van der Waals surface area contributed by atoms with E-state index in [2.05, 4.69) is 4.98 Å². The number of rotatable bonds is 7. The molecular weight excluding hydrogens is 460 g/mol. The van der Waals surface area contributed by atoms with Crippen molar-refractivity contribution in [3.8, 4) is 17.2 Å². The van der Waals surface area contributed by atoms with E-state index in [0.29, 0.717) is 48.9 Å². The van der Waals surface area contributed by atoms with Gasteiger partial charge in [0, 0.05) is 35.3 Å². The average molecular weight is 489 g/mol. The van der Waals surface area contributed by atoms with Crippen LogP contribution in [0.3, 0.4) is 0 Å². The second-order valence-corrected chi connectivity index (χ2v) is 8.89. The number of carbonyl (C=O) groups excluding carboxylic acids is 1. The number of benzene rings is 2. The van der Waals surface area contributed by atoms with E-state index >= 15 is 0 Å². The molecule has 2 aromatic heterocycles. The van der Waals surface area contributed by atoms with E-state index in [1.54, 1.807) is 35.8 Å². The highest BCUT2D eigenvalue weighted by molar-refractivity contribution is 5.83. The van der Waals surface area contributed by atoms with Crippen LogP contribution in [0, 0.1) is 6.92 Å². The quantitative estimate of drug-likeness (QED) is 0.381. The van der Waals surface area contributed by atoms with Gasteiger partial charge in [-0.05, 0) is 48.7 Å². The Morgan fingerprint density at radius 2 is 1.92 bits per heavy atom. The molecule has 1 aliphatic heterocycles. The maximum Gasteiger partial charge on any atom is 0.306 e. The summed E-state index contributed by atoms with van der Waals surface area (Å²) in [6.45, 7) is 3.08. The molecule has 36 heavy (non-hydrogen) atoms. The first-order valence-corrected chi connectivity index (χ1v) is 11.9. The molecule has 0 bridgehead atoms. The van der Waals surface area contributed by atoms with Gasteiger partial charge in [-0.15, -0.1) is 0 Å². The number of aromatic hydroxyl groups is 1. The van der Waals surface area contributed by atoms with Crippen LogP contribution in [0.25, 0.3) is 10.9 Å². The molecule has 0 unspecified atom stereocenters. The Labute approximate surface area is 208 Å². The fourth-order valence-corrected chi connectivity index (χ4v) is 4.86. The Hall–Kier alpha value is -4.20. The lowest BCUT2D eigenvalue weighted by atomic mass is 9.88. The number of hydrogen-bond acceptors (Lipinski definition) is 6. The molecule has 0 radical (unpaired) electrons. The van der Waals surface area contributed by atoms with Gasteiger partial charge in [-0.25, -0.2) is 0 Å². The van der Waals surface area contributed by atoms with Crippen molar-refractivity contribution < 1.29 is 24.1 Å². The van der Waals surface area contributed by atoms with Gasteiger partial charge in [0.1, 0.15) is 19.0 Å². The summed E-state index contributed by atoms with van der Waals surface area (Å²) in [4.78, 5) is 29.4. The molecule has 2 N–H and O–H groups in total. The van der Waals surface area contributed by atoms with Crippen LogP contribution in [0.5, 0.6) is 17.2 Å². The summed E-state index contributed by atoms with van der Waals surface area (Å²) in [6, 6.07) is 14.9. The first kappa shape index (κ1) is 23.5. The summed E-state index contributed by atoms with van der Waals surface area (Å²) in [7, 11) is 1.30. The van der Waals surface area contributed by atoms with Crippen LogP contribution in [0.2, 0.25) is 0 Å². The van der Waals surface area contributed by atoms with Gasteiger partial charge in [0.15, 0.2) is 11.5 Å². The Bertz CT molecular complexity index is 1490. The summed E-state index contributed by atoms with van der Waals surface area (Å²) in [5.74, 6) is -0.212. The number of carbonyl (C=O) groups is 1. The molecule has 2 aromatic carbocycles. The summed E-state index contributed by atoms with van der Waals surface area (Å²) in [6.07, 6.45) is 2.48. The molecule has 4 aromatic rings. The Kier molecular flexibility index (Phi) is 6.41. The standard InChI is InChI=1S/C28H28N2O6/c1-17-13-23(31)27(28(33)30(17)10-9-19-16-29-22-6-4-3-5-20(19)22)21(15-26(32)34-2)18-7-8-24-25(14-18)36-12-11-35-24/h3-8,13-14,16,21,29,31H,9-12,15H2,1-2H3/t21-/m1/s1. The smallest absolute Gasteiger partial charge is 0.306 e. The lowest BCUT2D eigenvalue weighted by Crippen LogP contribution is -2.29. The van der Waals surface area contributed by atoms with Gasteiger partial charge in [0.2, 0.25) is 0 Å². The molecular formula is C28H28N2O6. The zero-order valence-corrected chi connectivity index (χ0v) is 20.2. The summed E-state index contributed by atoms with van der Waals surface area (Å²) in [5.41, 5.74) is 3.26. The number of fused-ring (bicyclic) bond motifs is 2. The van der Waals surface area contributed by atoms with Gasteiger partial charge in [0.05, 0.1) is 19.1 Å². The molecule has 186 valence electrons. The van der Waals surface area contributed by atoms with Gasteiger partial charge in [-0.2, -0.15) is 0 Å². The Morgan fingerprint density at radius 3 is 2.72 bits per heavy atom. The summed E-state index contributed by atoms with van der Waals surface area (Å²) >= 11 is 0. The van der Waals surface area contributed by atoms with E-state index in [9.17, 15) is 14.7 Å². The lowest BCUT2D eigenvalue weighted by Gasteiger charge is -2.23. The minimum atomic E-state index is -0.722. The normalized spacial score (nSPS) is 13.5. The van der Waals surface area contributed by atoms with Crippen LogP contribution in [-0.2, 0) is 22.5 Å². The van der Waals surface area contributed by atoms with E-state index in [0.717, 1.165) is 16.5 Å². The van der Waals surface area contributed by atoms with Crippen LogP contribution in [-0.4, -0.2) is 41.0 Å². The molecule has 1 aliphatic rings. The van der Waals surface area contributed by atoms with Crippen molar-refractivity contribution in [1.29, 1.82) is 0 Å². The molecule has 8 nitrogen and oxygen atoms in total. The summed E-state index contributed by atoms with van der Waals surface area (Å²) < 4.78 is 17.9. The van der Waals surface area contributed by atoms with E-state index in [1.165, 1.54) is 7.11 Å². The fourth-order valence-electron chi connectivity index (χ4n) is 4.86. The van der Waals surface area contributed by atoms with Crippen LogP contribution < -0.4 is 15.0 Å². The maximum absolute atomic E-state index is 13.8. The Morgan fingerprint density at radius 1 is 1.14 bits per heavy atom. The molecule has 0 spiro atoms. The SMILES string of the molecule is COC(=O)C[C@H](c1ccc2c(c1)OCCO2)c1c(O)cc(C)n(CCc2c[nH]c3ccccc23)c1=O. The maximum atomic E-state index is 13.8. The van der Waals surface area contributed by atoms with E-state index < -0.39 is 11.9 Å². The zero-order valence-electron chi connectivity index (χ0n) is 20.2. The summed E-state index contributed by atoms with van der Waals surface area (Å²) in [5, 5.41) is 12.0. The number of methoxy groups -OCH3 is 1. The van der Waals surface area contributed by atoms with Gasteiger partial charge in [-0.3, -0.25) is 9.59 Å². The molecule has 0 saturated heterocycles. The minimum Gasteiger partial charge on any atom is -0.507 e. The number of aryl methyl sites for hydroxylation is 2. The van der Waals surface area contributed by atoms with E-state index in [1.807, 2.05) is 30.5 Å². The highest BCUT2D eigenvalue weighted by Crippen LogP contribution is 2.38. The average Bonchev–Trinajstić information content (AvgIpc) is 3.30. The molecule has 5 rings (SSSR count). The molecule has 0 saturated carbocycles. The third-order valence-electron chi connectivity index (χ3n) is 6.72. The molecule has 0 aliphatic carbocycles. The number of hydrogen-bond donors (Lipinski definition) is 2. The predicted octanol–water partition coefficient (Wildman–Crippen LogP) is 4.05. The van der Waals surface area contributed by atoms with Crippen molar-refractivity contribution in [2.24, 2.45) is 0 Å². The number of aromatic amines is 1. The fraction of sp³-hybridized carbons (Fsp3) is 0.286. The molecule has 0 fully saturated rings. The predicted molar refractivity (Wildman–Crippen MR) is 135 cm³/mol. The topological polar surface area (TPSA) is 103 Å².